The van der Waals surface area contributed by atoms with E-state index in [-0.39, 0.29) is 0 Å². The number of nitrogens with zero attached hydrogens (tertiary/aromatic N) is 4. The number of hydrogen-bond acceptors (Lipinski definition) is 8. The summed E-state index contributed by atoms with van der Waals surface area (Å²) in [6.45, 7) is 2.81. The SMILES string of the molecule is CNc1cc(NCCc2nc(C)no2)nc(COC)n1. The van der Waals surface area contributed by atoms with Crippen molar-refractivity contribution in [1.29, 1.82) is 0 Å². The molecular formula is C12H18N6O2. The number of rotatable bonds is 7. The maximum atomic E-state index is 5.05. The molecule has 0 amide bonds. The second-order valence-corrected chi connectivity index (χ2v) is 4.15. The summed E-state index contributed by atoms with van der Waals surface area (Å²) < 4.78 is 10.1. The third kappa shape index (κ3) is 3.89. The van der Waals surface area contributed by atoms with Crippen LogP contribution in [0.4, 0.5) is 11.6 Å². The maximum absolute atomic E-state index is 5.05. The number of aromatic nitrogens is 4. The van der Waals surface area contributed by atoms with Gasteiger partial charge in [-0.1, -0.05) is 5.16 Å². The second kappa shape index (κ2) is 6.80. The Bertz CT molecular complexity index is 557. The standard InChI is InChI=1S/C12H18N6O2/c1-8-15-12(20-18-8)4-5-14-10-6-9(13-2)16-11(17-10)7-19-3/h6H,4-5,7H2,1-3H3,(H2,13,14,16,17). The van der Waals surface area contributed by atoms with E-state index in [9.17, 15) is 0 Å². The van der Waals surface area contributed by atoms with E-state index < -0.39 is 0 Å². The lowest BCUT2D eigenvalue weighted by molar-refractivity contribution is 0.178. The van der Waals surface area contributed by atoms with E-state index in [1.165, 1.54) is 0 Å². The Morgan fingerprint density at radius 3 is 2.70 bits per heavy atom. The van der Waals surface area contributed by atoms with Gasteiger partial charge in [-0.05, 0) is 6.92 Å². The number of anilines is 2. The Morgan fingerprint density at radius 1 is 1.25 bits per heavy atom. The van der Waals surface area contributed by atoms with Crippen LogP contribution in [-0.2, 0) is 17.8 Å². The van der Waals surface area contributed by atoms with Gasteiger partial charge in [-0.2, -0.15) is 4.98 Å². The number of ether oxygens (including phenoxy) is 1. The fourth-order valence-corrected chi connectivity index (χ4v) is 1.65. The van der Waals surface area contributed by atoms with Crippen LogP contribution in [0.2, 0.25) is 0 Å². The molecule has 0 aliphatic heterocycles. The summed E-state index contributed by atoms with van der Waals surface area (Å²) in [6.07, 6.45) is 0.638. The molecule has 2 N–H and O–H groups in total. The third-order valence-electron chi connectivity index (χ3n) is 2.52. The smallest absolute Gasteiger partial charge is 0.228 e. The van der Waals surface area contributed by atoms with E-state index in [1.54, 1.807) is 14.0 Å². The summed E-state index contributed by atoms with van der Waals surface area (Å²) in [6, 6.07) is 1.83. The molecule has 2 heterocycles. The van der Waals surface area contributed by atoms with Gasteiger partial charge in [-0.3, -0.25) is 0 Å². The van der Waals surface area contributed by atoms with Gasteiger partial charge in [-0.25, -0.2) is 9.97 Å². The number of aryl methyl sites for hydroxylation is 1. The molecule has 0 atom stereocenters. The van der Waals surface area contributed by atoms with Crippen molar-refractivity contribution < 1.29 is 9.26 Å². The van der Waals surface area contributed by atoms with Crippen molar-refractivity contribution in [3.8, 4) is 0 Å². The molecule has 8 nitrogen and oxygen atoms in total. The van der Waals surface area contributed by atoms with Crippen LogP contribution in [0, 0.1) is 6.92 Å². The zero-order valence-corrected chi connectivity index (χ0v) is 11.8. The molecule has 0 aliphatic carbocycles. The van der Waals surface area contributed by atoms with E-state index in [4.69, 9.17) is 9.26 Å². The van der Waals surface area contributed by atoms with Gasteiger partial charge >= 0.3 is 0 Å². The molecular weight excluding hydrogens is 260 g/mol. The molecule has 0 aliphatic rings. The Labute approximate surface area is 117 Å². The van der Waals surface area contributed by atoms with Crippen LogP contribution in [0.1, 0.15) is 17.5 Å². The molecule has 2 rings (SSSR count). The Kier molecular flexibility index (Phi) is 4.83. The molecule has 8 heteroatoms. The van der Waals surface area contributed by atoms with Crippen molar-refractivity contribution in [3.05, 3.63) is 23.6 Å². The Morgan fingerprint density at radius 2 is 2.05 bits per heavy atom. The minimum atomic E-state index is 0.368. The molecule has 0 bridgehead atoms. The monoisotopic (exact) mass is 278 g/mol. The molecule has 0 unspecified atom stereocenters. The van der Waals surface area contributed by atoms with Crippen LogP contribution in [0.15, 0.2) is 10.6 Å². The minimum Gasteiger partial charge on any atom is -0.377 e. The van der Waals surface area contributed by atoms with Crippen LogP contribution in [0.3, 0.4) is 0 Å². The first-order valence-electron chi connectivity index (χ1n) is 6.29. The second-order valence-electron chi connectivity index (χ2n) is 4.15. The minimum absolute atomic E-state index is 0.368. The summed E-state index contributed by atoms with van der Waals surface area (Å²) in [5, 5.41) is 9.93. The van der Waals surface area contributed by atoms with Crippen LogP contribution in [-0.4, -0.2) is 40.8 Å². The highest BCUT2D eigenvalue weighted by atomic mass is 16.5. The fourth-order valence-electron chi connectivity index (χ4n) is 1.65. The Balaban J connectivity index is 1.95. The predicted octanol–water partition coefficient (Wildman–Crippen LogP) is 1.01. The van der Waals surface area contributed by atoms with Gasteiger partial charge in [0, 0.05) is 33.2 Å². The van der Waals surface area contributed by atoms with E-state index in [2.05, 4.69) is 30.7 Å². The summed E-state index contributed by atoms with van der Waals surface area (Å²) in [5.41, 5.74) is 0. The molecule has 2 aromatic heterocycles. The highest BCUT2D eigenvalue weighted by molar-refractivity contribution is 5.47. The summed E-state index contributed by atoms with van der Waals surface area (Å²) >= 11 is 0. The number of methoxy groups -OCH3 is 1. The van der Waals surface area contributed by atoms with Crippen LogP contribution < -0.4 is 10.6 Å². The molecule has 20 heavy (non-hydrogen) atoms. The average Bonchev–Trinajstić information content (AvgIpc) is 2.84. The van der Waals surface area contributed by atoms with Crippen molar-refractivity contribution in [2.24, 2.45) is 0 Å². The van der Waals surface area contributed by atoms with E-state index in [0.29, 0.717) is 37.1 Å². The lowest BCUT2D eigenvalue weighted by Gasteiger charge is -2.08. The van der Waals surface area contributed by atoms with Gasteiger partial charge < -0.3 is 19.9 Å². The topological polar surface area (TPSA) is 98.0 Å². The van der Waals surface area contributed by atoms with Crippen molar-refractivity contribution in [2.45, 2.75) is 20.0 Å². The van der Waals surface area contributed by atoms with E-state index in [1.807, 2.05) is 13.1 Å². The molecule has 108 valence electrons. The van der Waals surface area contributed by atoms with Crippen LogP contribution in [0.25, 0.3) is 0 Å². The predicted molar refractivity (Wildman–Crippen MR) is 73.5 cm³/mol. The molecule has 0 saturated heterocycles. The van der Waals surface area contributed by atoms with Crippen molar-refractivity contribution in [3.63, 3.8) is 0 Å². The number of hydrogen-bond donors (Lipinski definition) is 2. The fraction of sp³-hybridized carbons (Fsp3) is 0.500. The van der Waals surface area contributed by atoms with Gasteiger partial charge in [0.25, 0.3) is 0 Å². The first-order chi connectivity index (χ1) is 9.71. The zero-order chi connectivity index (χ0) is 14.4. The van der Waals surface area contributed by atoms with Gasteiger partial charge in [0.15, 0.2) is 11.6 Å². The first-order valence-corrected chi connectivity index (χ1v) is 6.29. The molecule has 0 aromatic carbocycles. The van der Waals surface area contributed by atoms with Crippen LogP contribution >= 0.6 is 0 Å². The first kappa shape index (κ1) is 14.2. The average molecular weight is 278 g/mol. The van der Waals surface area contributed by atoms with Crippen molar-refractivity contribution >= 4 is 11.6 Å². The van der Waals surface area contributed by atoms with Gasteiger partial charge in [0.1, 0.15) is 18.2 Å². The quantitative estimate of drug-likeness (QED) is 0.774. The normalized spacial score (nSPS) is 10.6. The van der Waals surface area contributed by atoms with Crippen molar-refractivity contribution in [1.82, 2.24) is 20.1 Å². The molecule has 2 aromatic rings. The van der Waals surface area contributed by atoms with Crippen molar-refractivity contribution in [2.75, 3.05) is 31.3 Å². The summed E-state index contributed by atoms with van der Waals surface area (Å²) in [5.74, 6) is 3.34. The Hall–Kier alpha value is -2.22. The largest absolute Gasteiger partial charge is 0.377 e. The highest BCUT2D eigenvalue weighted by Gasteiger charge is 2.05. The zero-order valence-electron chi connectivity index (χ0n) is 11.8. The molecule has 0 spiro atoms. The summed E-state index contributed by atoms with van der Waals surface area (Å²) in [4.78, 5) is 12.8. The molecule has 0 fully saturated rings. The van der Waals surface area contributed by atoms with Gasteiger partial charge in [-0.15, -0.1) is 0 Å². The molecule has 0 radical (unpaired) electrons. The van der Waals surface area contributed by atoms with Gasteiger partial charge in [0.05, 0.1) is 0 Å². The van der Waals surface area contributed by atoms with Crippen LogP contribution in [0.5, 0.6) is 0 Å². The van der Waals surface area contributed by atoms with Gasteiger partial charge in [0.2, 0.25) is 5.89 Å². The molecule has 0 saturated carbocycles. The lowest BCUT2D eigenvalue weighted by Crippen LogP contribution is -2.10. The van der Waals surface area contributed by atoms with E-state index >= 15 is 0 Å². The highest BCUT2D eigenvalue weighted by Crippen LogP contribution is 2.11. The maximum Gasteiger partial charge on any atom is 0.228 e. The summed E-state index contributed by atoms with van der Waals surface area (Å²) in [7, 11) is 3.42. The third-order valence-corrected chi connectivity index (χ3v) is 2.52. The lowest BCUT2D eigenvalue weighted by atomic mass is 10.4. The van der Waals surface area contributed by atoms with E-state index in [0.717, 1.165) is 11.6 Å². The number of nitrogens with one attached hydrogen (secondary N) is 2.